The molecule has 3 rings (SSSR count). The molecule has 1 aromatic heterocycles. The maximum atomic E-state index is 12.3. The summed E-state index contributed by atoms with van der Waals surface area (Å²) in [5, 5.41) is 8.65. The van der Waals surface area contributed by atoms with Gasteiger partial charge in [0, 0.05) is 13.1 Å². The molecule has 11 heteroatoms. The first-order valence-electron chi connectivity index (χ1n) is 9.68. The van der Waals surface area contributed by atoms with Crippen molar-refractivity contribution in [3.8, 4) is 5.75 Å². The van der Waals surface area contributed by atoms with Gasteiger partial charge in [0.15, 0.2) is 22.3 Å². The average Bonchev–Trinajstić information content (AvgIpc) is 3.24. The molecule has 0 aliphatic heterocycles. The zero-order valence-electron chi connectivity index (χ0n) is 17.3. The van der Waals surface area contributed by atoms with E-state index >= 15 is 0 Å². The number of carbonyl (C=O) groups excluding carboxylic acids is 2. The van der Waals surface area contributed by atoms with Crippen molar-refractivity contribution in [1.82, 2.24) is 20.8 Å². The molecule has 0 aliphatic rings. The van der Waals surface area contributed by atoms with Gasteiger partial charge in [-0.25, -0.2) is 8.42 Å². The van der Waals surface area contributed by atoms with Gasteiger partial charge < -0.3 is 19.9 Å². The minimum absolute atomic E-state index is 0.106. The Balaban J connectivity index is 1.39. The SMILES string of the molecule is Cc1ccc(OCC(=O)NCCNC(=O)c2nc(CS(=O)(=O)c3ccccc3)no2)cc1. The molecule has 2 aromatic carbocycles. The molecule has 0 bridgehead atoms. The van der Waals surface area contributed by atoms with E-state index in [1.807, 2.05) is 19.1 Å². The van der Waals surface area contributed by atoms with Gasteiger partial charge in [-0.3, -0.25) is 9.59 Å². The Bertz CT molecular complexity index is 1160. The van der Waals surface area contributed by atoms with Crippen LogP contribution in [0.15, 0.2) is 64.0 Å². The lowest BCUT2D eigenvalue weighted by Gasteiger charge is -2.08. The minimum Gasteiger partial charge on any atom is -0.484 e. The highest BCUT2D eigenvalue weighted by Gasteiger charge is 2.21. The van der Waals surface area contributed by atoms with Crippen molar-refractivity contribution in [3.05, 3.63) is 71.9 Å². The number of hydrogen-bond donors (Lipinski definition) is 2. The Hall–Kier alpha value is -3.73. The molecule has 0 fully saturated rings. The molecule has 168 valence electrons. The van der Waals surface area contributed by atoms with Crippen LogP contribution >= 0.6 is 0 Å². The first kappa shape index (κ1) is 22.9. The van der Waals surface area contributed by atoms with E-state index in [0.717, 1.165) is 5.56 Å². The lowest BCUT2D eigenvalue weighted by atomic mass is 10.2. The number of aromatic nitrogens is 2. The van der Waals surface area contributed by atoms with Crippen LogP contribution in [-0.2, 0) is 20.4 Å². The number of ether oxygens (including phenoxy) is 1. The summed E-state index contributed by atoms with van der Waals surface area (Å²) in [4.78, 5) is 27.8. The molecule has 0 atom stereocenters. The molecule has 0 saturated heterocycles. The Morgan fingerprint density at radius 1 is 1.00 bits per heavy atom. The molecule has 1 heterocycles. The number of amides is 2. The molecular formula is C21H22N4O6S. The molecule has 10 nitrogen and oxygen atoms in total. The van der Waals surface area contributed by atoms with Gasteiger partial charge >= 0.3 is 11.8 Å². The van der Waals surface area contributed by atoms with Crippen molar-refractivity contribution in [2.45, 2.75) is 17.6 Å². The lowest BCUT2D eigenvalue weighted by molar-refractivity contribution is -0.123. The van der Waals surface area contributed by atoms with Crippen LogP contribution in [-0.4, -0.2) is 50.1 Å². The second kappa shape index (κ2) is 10.5. The van der Waals surface area contributed by atoms with Gasteiger partial charge in [0.1, 0.15) is 11.5 Å². The smallest absolute Gasteiger partial charge is 0.315 e. The second-order valence-electron chi connectivity index (χ2n) is 6.80. The van der Waals surface area contributed by atoms with Crippen LogP contribution in [0.4, 0.5) is 0 Å². The molecule has 0 radical (unpaired) electrons. The van der Waals surface area contributed by atoms with Crippen LogP contribution in [0.1, 0.15) is 22.1 Å². The molecule has 2 N–H and O–H groups in total. The third-order valence-corrected chi connectivity index (χ3v) is 5.84. The minimum atomic E-state index is -3.66. The van der Waals surface area contributed by atoms with E-state index in [-0.39, 0.29) is 42.2 Å². The normalized spacial score (nSPS) is 11.0. The van der Waals surface area contributed by atoms with Gasteiger partial charge in [-0.1, -0.05) is 41.1 Å². The Labute approximate surface area is 184 Å². The van der Waals surface area contributed by atoms with Crippen molar-refractivity contribution >= 4 is 21.7 Å². The fourth-order valence-corrected chi connectivity index (χ4v) is 3.77. The van der Waals surface area contributed by atoms with Crippen LogP contribution < -0.4 is 15.4 Å². The van der Waals surface area contributed by atoms with Crippen molar-refractivity contribution in [2.24, 2.45) is 0 Å². The quantitative estimate of drug-likeness (QED) is 0.433. The summed E-state index contributed by atoms with van der Waals surface area (Å²) >= 11 is 0. The maximum absolute atomic E-state index is 12.3. The number of hydrogen-bond acceptors (Lipinski definition) is 8. The topological polar surface area (TPSA) is 140 Å². The molecular weight excluding hydrogens is 436 g/mol. The number of benzene rings is 2. The van der Waals surface area contributed by atoms with Crippen molar-refractivity contribution in [2.75, 3.05) is 19.7 Å². The number of nitrogens with one attached hydrogen (secondary N) is 2. The predicted octanol–water partition coefficient (Wildman–Crippen LogP) is 1.28. The molecule has 0 spiro atoms. The highest BCUT2D eigenvalue weighted by Crippen LogP contribution is 2.14. The van der Waals surface area contributed by atoms with Crippen LogP contribution in [0, 0.1) is 6.92 Å². The van der Waals surface area contributed by atoms with Gasteiger partial charge in [-0.2, -0.15) is 4.98 Å². The Kier molecular flexibility index (Phi) is 7.55. The number of aryl methyl sites for hydroxylation is 1. The van der Waals surface area contributed by atoms with E-state index in [9.17, 15) is 18.0 Å². The average molecular weight is 458 g/mol. The van der Waals surface area contributed by atoms with Gasteiger partial charge in [0.25, 0.3) is 5.91 Å². The largest absolute Gasteiger partial charge is 0.484 e. The molecule has 2 amide bonds. The lowest BCUT2D eigenvalue weighted by Crippen LogP contribution is -2.36. The third-order valence-electron chi connectivity index (χ3n) is 4.21. The summed E-state index contributed by atoms with van der Waals surface area (Å²) in [5.41, 5.74) is 1.09. The summed E-state index contributed by atoms with van der Waals surface area (Å²) in [6, 6.07) is 15.1. The van der Waals surface area contributed by atoms with Crippen LogP contribution in [0.25, 0.3) is 0 Å². The van der Waals surface area contributed by atoms with E-state index in [0.29, 0.717) is 5.75 Å². The van der Waals surface area contributed by atoms with E-state index < -0.39 is 21.5 Å². The molecule has 0 saturated carbocycles. The van der Waals surface area contributed by atoms with E-state index in [1.165, 1.54) is 12.1 Å². The summed E-state index contributed by atoms with van der Waals surface area (Å²) in [6.45, 7) is 2.06. The fourth-order valence-electron chi connectivity index (χ4n) is 2.57. The first-order chi connectivity index (χ1) is 15.3. The van der Waals surface area contributed by atoms with E-state index in [1.54, 1.807) is 30.3 Å². The Morgan fingerprint density at radius 2 is 1.69 bits per heavy atom. The molecule has 0 aliphatic carbocycles. The van der Waals surface area contributed by atoms with Crippen molar-refractivity contribution in [1.29, 1.82) is 0 Å². The monoisotopic (exact) mass is 458 g/mol. The summed E-state index contributed by atoms with van der Waals surface area (Å²) in [7, 11) is -3.66. The molecule has 0 unspecified atom stereocenters. The number of nitrogens with zero attached hydrogens (tertiary/aromatic N) is 2. The van der Waals surface area contributed by atoms with Crippen LogP contribution in [0.5, 0.6) is 5.75 Å². The van der Waals surface area contributed by atoms with Gasteiger partial charge in [-0.15, -0.1) is 0 Å². The molecule has 3 aromatic rings. The Morgan fingerprint density at radius 3 is 2.41 bits per heavy atom. The summed E-state index contributed by atoms with van der Waals surface area (Å²) in [6.07, 6.45) is 0. The van der Waals surface area contributed by atoms with Gasteiger partial charge in [0.05, 0.1) is 4.90 Å². The maximum Gasteiger partial charge on any atom is 0.315 e. The fraction of sp³-hybridized carbons (Fsp3) is 0.238. The standard InChI is InChI=1S/C21H22N4O6S/c1-15-7-9-16(10-8-15)30-13-19(26)22-11-12-23-20(27)21-24-18(25-31-21)14-32(28,29)17-5-3-2-4-6-17/h2-10H,11-14H2,1H3,(H,22,26)(H,23,27). The summed E-state index contributed by atoms with van der Waals surface area (Å²) in [5.74, 6) is -1.42. The van der Waals surface area contributed by atoms with Gasteiger partial charge in [0.2, 0.25) is 0 Å². The number of rotatable bonds is 10. The zero-order valence-corrected chi connectivity index (χ0v) is 18.1. The summed E-state index contributed by atoms with van der Waals surface area (Å²) < 4.78 is 34.9. The van der Waals surface area contributed by atoms with E-state index in [4.69, 9.17) is 9.26 Å². The second-order valence-corrected chi connectivity index (χ2v) is 8.79. The van der Waals surface area contributed by atoms with Crippen LogP contribution in [0.3, 0.4) is 0 Å². The number of sulfone groups is 1. The zero-order chi connectivity index (χ0) is 23.0. The van der Waals surface area contributed by atoms with Crippen LogP contribution in [0.2, 0.25) is 0 Å². The third kappa shape index (κ3) is 6.64. The number of carbonyl (C=O) groups is 2. The first-order valence-corrected chi connectivity index (χ1v) is 11.3. The highest BCUT2D eigenvalue weighted by molar-refractivity contribution is 7.90. The molecule has 32 heavy (non-hydrogen) atoms. The predicted molar refractivity (Wildman–Crippen MR) is 114 cm³/mol. The van der Waals surface area contributed by atoms with Crippen molar-refractivity contribution in [3.63, 3.8) is 0 Å². The van der Waals surface area contributed by atoms with Crippen molar-refractivity contribution < 1.29 is 27.3 Å². The van der Waals surface area contributed by atoms with E-state index in [2.05, 4.69) is 20.8 Å². The van der Waals surface area contributed by atoms with Gasteiger partial charge in [-0.05, 0) is 31.2 Å². The highest BCUT2D eigenvalue weighted by atomic mass is 32.2.